The van der Waals surface area contributed by atoms with Gasteiger partial charge in [0.2, 0.25) is 5.91 Å². The Labute approximate surface area is 182 Å². The predicted molar refractivity (Wildman–Crippen MR) is 109 cm³/mol. The average molecular weight is 443 g/mol. The molecule has 0 spiro atoms. The molecule has 0 radical (unpaired) electrons. The Bertz CT molecular complexity index is 980. The second-order valence-electron chi connectivity index (χ2n) is 7.04. The standard InChI is InChI=1S/C21H21N3O8/c25-16-10-18(23(12-16)21(28)31-13-14-4-2-1-3-5-14)20(27)22-11-19(26)32-17-8-6-15(7-9-17)24(29)30/h1-9,16,18,25H,10-13H2,(H,22,27)/t16?,18-/m0/s1. The molecule has 2 atom stereocenters. The molecule has 2 aromatic rings. The summed E-state index contributed by atoms with van der Waals surface area (Å²) in [5.41, 5.74) is 0.618. The van der Waals surface area contributed by atoms with E-state index < -0.39 is 41.6 Å². The van der Waals surface area contributed by atoms with Crippen LogP contribution in [0.3, 0.4) is 0 Å². The Hall–Kier alpha value is -3.99. The average Bonchev–Trinajstić information content (AvgIpc) is 3.19. The highest BCUT2D eigenvalue weighted by Crippen LogP contribution is 2.20. The summed E-state index contributed by atoms with van der Waals surface area (Å²) >= 11 is 0. The maximum absolute atomic E-state index is 12.5. The number of ether oxygens (including phenoxy) is 2. The van der Waals surface area contributed by atoms with Crippen LogP contribution in [0, 0.1) is 10.1 Å². The van der Waals surface area contributed by atoms with Crippen LogP contribution in [0.15, 0.2) is 54.6 Å². The lowest BCUT2D eigenvalue weighted by molar-refractivity contribution is -0.384. The molecular formula is C21H21N3O8. The van der Waals surface area contributed by atoms with Crippen LogP contribution in [0.1, 0.15) is 12.0 Å². The summed E-state index contributed by atoms with van der Waals surface area (Å²) in [6.07, 6.45) is -1.65. The highest BCUT2D eigenvalue weighted by molar-refractivity contribution is 5.89. The largest absolute Gasteiger partial charge is 0.445 e. The van der Waals surface area contributed by atoms with Gasteiger partial charge in [-0.25, -0.2) is 9.59 Å². The lowest BCUT2D eigenvalue weighted by Crippen LogP contribution is -2.47. The van der Waals surface area contributed by atoms with Gasteiger partial charge in [0.05, 0.1) is 17.6 Å². The SMILES string of the molecule is O=C(CNC(=O)[C@@H]1CC(O)CN1C(=O)OCc1ccccc1)Oc1ccc([N+](=O)[O-])cc1. The third-order valence-electron chi connectivity index (χ3n) is 4.71. The van der Waals surface area contributed by atoms with Crippen molar-refractivity contribution in [1.82, 2.24) is 10.2 Å². The minimum absolute atomic E-state index is 0.00364. The van der Waals surface area contributed by atoms with Gasteiger partial charge in [-0.05, 0) is 17.7 Å². The van der Waals surface area contributed by atoms with E-state index in [1.165, 1.54) is 24.3 Å². The summed E-state index contributed by atoms with van der Waals surface area (Å²) in [5, 5.41) is 22.9. The van der Waals surface area contributed by atoms with Crippen LogP contribution in [0.2, 0.25) is 0 Å². The summed E-state index contributed by atoms with van der Waals surface area (Å²) in [6, 6.07) is 12.9. The third-order valence-corrected chi connectivity index (χ3v) is 4.71. The molecule has 11 heteroatoms. The lowest BCUT2D eigenvalue weighted by atomic mass is 10.2. The molecule has 1 aliphatic rings. The maximum atomic E-state index is 12.5. The molecule has 1 fully saturated rings. The van der Waals surface area contributed by atoms with Crippen molar-refractivity contribution in [3.05, 3.63) is 70.3 Å². The van der Waals surface area contributed by atoms with E-state index in [1.807, 2.05) is 6.07 Å². The molecule has 11 nitrogen and oxygen atoms in total. The van der Waals surface area contributed by atoms with Crippen molar-refractivity contribution in [3.63, 3.8) is 0 Å². The molecule has 1 unspecified atom stereocenters. The van der Waals surface area contributed by atoms with E-state index in [2.05, 4.69) is 5.32 Å². The van der Waals surface area contributed by atoms with Gasteiger partial charge >= 0.3 is 12.1 Å². The Balaban J connectivity index is 1.50. The van der Waals surface area contributed by atoms with Crippen molar-refractivity contribution >= 4 is 23.7 Å². The number of benzene rings is 2. The number of nitrogens with one attached hydrogen (secondary N) is 1. The zero-order chi connectivity index (χ0) is 23.1. The molecule has 2 amide bonds. The monoisotopic (exact) mass is 443 g/mol. The molecule has 2 N–H and O–H groups in total. The van der Waals surface area contributed by atoms with Gasteiger partial charge in [0.1, 0.15) is 24.9 Å². The number of nitro groups is 1. The summed E-state index contributed by atoms with van der Waals surface area (Å²) in [7, 11) is 0. The van der Waals surface area contributed by atoms with Crippen molar-refractivity contribution in [2.45, 2.75) is 25.2 Å². The maximum Gasteiger partial charge on any atom is 0.410 e. The Morgan fingerprint density at radius 2 is 1.81 bits per heavy atom. The highest BCUT2D eigenvalue weighted by atomic mass is 16.6. The van der Waals surface area contributed by atoms with E-state index in [-0.39, 0.29) is 31.0 Å². The van der Waals surface area contributed by atoms with Crippen LogP contribution in [-0.2, 0) is 20.9 Å². The first-order valence-electron chi connectivity index (χ1n) is 9.71. The molecule has 168 valence electrons. The molecule has 2 aromatic carbocycles. The van der Waals surface area contributed by atoms with Gasteiger partial charge in [-0.2, -0.15) is 0 Å². The fourth-order valence-electron chi connectivity index (χ4n) is 3.15. The molecular weight excluding hydrogens is 422 g/mol. The zero-order valence-electron chi connectivity index (χ0n) is 16.9. The number of non-ortho nitro benzene ring substituents is 1. The Kier molecular flexibility index (Phi) is 7.34. The van der Waals surface area contributed by atoms with Crippen LogP contribution in [0.5, 0.6) is 5.75 Å². The van der Waals surface area contributed by atoms with Gasteiger partial charge in [-0.1, -0.05) is 30.3 Å². The molecule has 3 rings (SSSR count). The van der Waals surface area contributed by atoms with Crippen molar-refractivity contribution in [1.29, 1.82) is 0 Å². The molecule has 32 heavy (non-hydrogen) atoms. The number of aliphatic hydroxyl groups is 1. The number of nitro benzene ring substituents is 1. The van der Waals surface area contributed by atoms with Crippen LogP contribution in [0.4, 0.5) is 10.5 Å². The number of nitrogens with zero attached hydrogens (tertiary/aromatic N) is 2. The van der Waals surface area contributed by atoms with Crippen molar-refractivity contribution in [3.8, 4) is 5.75 Å². The second-order valence-corrected chi connectivity index (χ2v) is 7.04. The fourth-order valence-corrected chi connectivity index (χ4v) is 3.15. The molecule has 0 aliphatic carbocycles. The predicted octanol–water partition coefficient (Wildman–Crippen LogP) is 1.39. The lowest BCUT2D eigenvalue weighted by Gasteiger charge is -2.22. The second kappa shape index (κ2) is 10.4. The Morgan fingerprint density at radius 3 is 2.47 bits per heavy atom. The van der Waals surface area contributed by atoms with Crippen LogP contribution >= 0.6 is 0 Å². The topological polar surface area (TPSA) is 148 Å². The van der Waals surface area contributed by atoms with Gasteiger partial charge in [0.25, 0.3) is 5.69 Å². The first-order chi connectivity index (χ1) is 15.3. The van der Waals surface area contributed by atoms with Crippen molar-refractivity contribution < 1.29 is 33.9 Å². The van der Waals surface area contributed by atoms with Gasteiger partial charge < -0.3 is 19.9 Å². The van der Waals surface area contributed by atoms with Gasteiger partial charge in [0, 0.05) is 18.6 Å². The summed E-state index contributed by atoms with van der Waals surface area (Å²) < 4.78 is 10.2. The zero-order valence-corrected chi connectivity index (χ0v) is 16.9. The first-order valence-corrected chi connectivity index (χ1v) is 9.71. The number of likely N-dealkylation sites (tertiary alicyclic amines) is 1. The number of β-amino-alcohol motifs (C(OH)–C–C–N with tert-alkyl or cyclic N) is 1. The first kappa shape index (κ1) is 22.7. The van der Waals surface area contributed by atoms with Crippen LogP contribution < -0.4 is 10.1 Å². The number of hydrogen-bond acceptors (Lipinski definition) is 8. The molecule has 1 saturated heterocycles. The van der Waals surface area contributed by atoms with Gasteiger partial charge in [-0.3, -0.25) is 19.8 Å². The number of carbonyl (C=O) groups excluding carboxylic acids is 3. The number of hydrogen-bond donors (Lipinski definition) is 2. The molecule has 1 aliphatic heterocycles. The molecule has 0 bridgehead atoms. The van der Waals surface area contributed by atoms with Crippen LogP contribution in [0.25, 0.3) is 0 Å². The van der Waals surface area contributed by atoms with E-state index in [4.69, 9.17) is 9.47 Å². The smallest absolute Gasteiger partial charge is 0.410 e. The minimum atomic E-state index is -1.000. The van der Waals surface area contributed by atoms with Crippen LogP contribution in [-0.4, -0.2) is 58.1 Å². The number of amides is 2. The molecule has 0 saturated carbocycles. The van der Waals surface area contributed by atoms with E-state index in [1.54, 1.807) is 24.3 Å². The van der Waals surface area contributed by atoms with Crippen molar-refractivity contribution in [2.75, 3.05) is 13.1 Å². The third kappa shape index (κ3) is 6.01. The normalized spacial score (nSPS) is 17.5. The molecule has 1 heterocycles. The van der Waals surface area contributed by atoms with Gasteiger partial charge in [0.15, 0.2) is 0 Å². The van der Waals surface area contributed by atoms with E-state index in [0.717, 1.165) is 10.5 Å². The summed E-state index contributed by atoms with van der Waals surface area (Å²) in [5.74, 6) is -1.36. The van der Waals surface area contributed by atoms with Gasteiger partial charge in [-0.15, -0.1) is 0 Å². The number of carbonyl (C=O) groups is 3. The number of rotatable bonds is 7. The quantitative estimate of drug-likeness (QED) is 0.282. The summed E-state index contributed by atoms with van der Waals surface area (Å²) in [6.45, 7) is -0.545. The number of aliphatic hydroxyl groups excluding tert-OH is 1. The molecule has 0 aromatic heterocycles. The Morgan fingerprint density at radius 1 is 1.12 bits per heavy atom. The summed E-state index contributed by atoms with van der Waals surface area (Å²) in [4.78, 5) is 48.0. The highest BCUT2D eigenvalue weighted by Gasteiger charge is 2.40. The van der Waals surface area contributed by atoms with E-state index in [9.17, 15) is 29.6 Å². The van der Waals surface area contributed by atoms with Crippen molar-refractivity contribution in [2.24, 2.45) is 0 Å². The van der Waals surface area contributed by atoms with E-state index in [0.29, 0.717) is 0 Å². The number of esters is 1. The fraction of sp³-hybridized carbons (Fsp3) is 0.286. The minimum Gasteiger partial charge on any atom is -0.445 e. The van der Waals surface area contributed by atoms with E-state index >= 15 is 0 Å².